The van der Waals surface area contributed by atoms with Crippen LogP contribution < -0.4 is 0 Å². The molecule has 3 fully saturated rings. The van der Waals surface area contributed by atoms with Gasteiger partial charge in [0.25, 0.3) is 0 Å². The van der Waals surface area contributed by atoms with E-state index in [0.717, 1.165) is 42.4 Å². The summed E-state index contributed by atoms with van der Waals surface area (Å²) in [6.45, 7) is 1.52. The fourth-order valence-electron chi connectivity index (χ4n) is 6.09. The van der Waals surface area contributed by atoms with Gasteiger partial charge < -0.3 is 23.7 Å². The van der Waals surface area contributed by atoms with E-state index in [9.17, 15) is 0 Å². The van der Waals surface area contributed by atoms with E-state index in [0.29, 0.717) is 19.8 Å². The van der Waals surface area contributed by atoms with Gasteiger partial charge in [-0.2, -0.15) is 0 Å². The molecule has 0 aromatic heterocycles. The van der Waals surface area contributed by atoms with E-state index >= 15 is 0 Å². The summed E-state index contributed by atoms with van der Waals surface area (Å²) in [6, 6.07) is 31.0. The first kappa shape index (κ1) is 27.4. The Bertz CT molecular complexity index is 1150. The standard InChI is InChI=1S/C33H37IO5/c34-27-28(35-21-24-13-5-1-6-14-24)30(37-23-26-17-9-3-10-18-26)32-31(38-33(39-32)19-11-4-12-20-33)29(27)36-22-25-15-7-2-8-16-25/h1-3,5-10,13-18,27-32H,4,11-12,19-23H2/t27-,28+,29-,30-,31+,32-/m0/s1. The molecule has 2 aliphatic carbocycles. The summed E-state index contributed by atoms with van der Waals surface area (Å²) < 4.78 is 33.9. The molecule has 5 nitrogen and oxygen atoms in total. The van der Waals surface area contributed by atoms with Crippen molar-refractivity contribution in [3.63, 3.8) is 0 Å². The molecule has 206 valence electrons. The van der Waals surface area contributed by atoms with Crippen LogP contribution >= 0.6 is 22.6 Å². The first-order valence-electron chi connectivity index (χ1n) is 14.2. The summed E-state index contributed by atoms with van der Waals surface area (Å²) in [6.07, 6.45) is 4.12. The van der Waals surface area contributed by atoms with Crippen molar-refractivity contribution in [2.24, 2.45) is 0 Å². The first-order valence-corrected chi connectivity index (χ1v) is 15.4. The van der Waals surface area contributed by atoms with Gasteiger partial charge in [0.15, 0.2) is 5.79 Å². The minimum absolute atomic E-state index is 0.0133. The highest BCUT2D eigenvalue weighted by Crippen LogP contribution is 2.48. The van der Waals surface area contributed by atoms with E-state index in [1.807, 2.05) is 42.5 Å². The molecular weight excluding hydrogens is 603 g/mol. The molecule has 3 aromatic carbocycles. The van der Waals surface area contributed by atoms with Crippen LogP contribution in [0.4, 0.5) is 0 Å². The van der Waals surface area contributed by atoms with Crippen LogP contribution in [0.5, 0.6) is 0 Å². The first-order chi connectivity index (χ1) is 19.2. The van der Waals surface area contributed by atoms with Gasteiger partial charge in [-0.3, -0.25) is 0 Å². The number of fused-ring (bicyclic) bond motifs is 1. The average molecular weight is 641 g/mol. The van der Waals surface area contributed by atoms with Crippen LogP contribution in [0.15, 0.2) is 91.0 Å². The predicted molar refractivity (Wildman–Crippen MR) is 158 cm³/mol. The molecule has 39 heavy (non-hydrogen) atoms. The van der Waals surface area contributed by atoms with E-state index in [1.54, 1.807) is 0 Å². The third-order valence-corrected chi connectivity index (χ3v) is 9.51. The molecule has 1 saturated heterocycles. The topological polar surface area (TPSA) is 46.2 Å². The molecule has 0 bridgehead atoms. The maximum Gasteiger partial charge on any atom is 0.169 e. The number of ether oxygens (including phenoxy) is 5. The zero-order valence-electron chi connectivity index (χ0n) is 22.2. The van der Waals surface area contributed by atoms with Crippen LogP contribution in [-0.2, 0) is 43.5 Å². The van der Waals surface area contributed by atoms with Crippen LogP contribution in [0.2, 0.25) is 0 Å². The Morgan fingerprint density at radius 3 is 1.46 bits per heavy atom. The van der Waals surface area contributed by atoms with E-state index in [4.69, 9.17) is 23.7 Å². The fraction of sp³-hybridized carbons (Fsp3) is 0.455. The van der Waals surface area contributed by atoms with Crippen molar-refractivity contribution >= 4 is 22.6 Å². The fourth-order valence-corrected chi connectivity index (χ4v) is 7.33. The molecule has 0 amide bonds. The Hall–Kier alpha value is -1.81. The molecule has 2 saturated carbocycles. The van der Waals surface area contributed by atoms with Crippen LogP contribution in [0.1, 0.15) is 48.8 Å². The summed E-state index contributed by atoms with van der Waals surface area (Å²) in [7, 11) is 0. The van der Waals surface area contributed by atoms with E-state index in [2.05, 4.69) is 71.1 Å². The predicted octanol–water partition coefficient (Wildman–Crippen LogP) is 7.00. The largest absolute Gasteiger partial charge is 0.370 e. The lowest BCUT2D eigenvalue weighted by molar-refractivity contribution is -0.208. The van der Waals surface area contributed by atoms with E-state index in [1.165, 1.54) is 6.42 Å². The van der Waals surface area contributed by atoms with Gasteiger partial charge >= 0.3 is 0 Å². The summed E-state index contributed by atoms with van der Waals surface area (Å²) in [5.41, 5.74) is 3.42. The number of halogens is 1. The van der Waals surface area contributed by atoms with Gasteiger partial charge in [-0.1, -0.05) is 120 Å². The normalized spacial score (nSPS) is 29.8. The highest BCUT2D eigenvalue weighted by Gasteiger charge is 2.61. The van der Waals surface area contributed by atoms with Gasteiger partial charge in [0.05, 0.1) is 23.7 Å². The number of rotatable bonds is 9. The second-order valence-corrected chi connectivity index (χ2v) is 12.3. The number of hydrogen-bond donors (Lipinski definition) is 0. The maximum atomic E-state index is 6.90. The van der Waals surface area contributed by atoms with Crippen LogP contribution in [-0.4, -0.2) is 40.2 Å². The zero-order valence-corrected chi connectivity index (χ0v) is 24.4. The average Bonchev–Trinajstić information content (AvgIpc) is 3.34. The van der Waals surface area contributed by atoms with Gasteiger partial charge in [0.1, 0.15) is 30.5 Å². The van der Waals surface area contributed by atoms with Gasteiger partial charge in [-0.15, -0.1) is 0 Å². The number of hydrogen-bond acceptors (Lipinski definition) is 5. The Kier molecular flexibility index (Phi) is 8.98. The molecule has 3 aliphatic rings. The Morgan fingerprint density at radius 2 is 0.974 bits per heavy atom. The molecule has 6 rings (SSSR count). The van der Waals surface area contributed by atoms with Crippen molar-refractivity contribution in [3.8, 4) is 0 Å². The summed E-state index contributed by atoms with van der Waals surface area (Å²) >= 11 is 2.51. The molecule has 0 radical (unpaired) electrons. The minimum atomic E-state index is -0.555. The van der Waals surface area contributed by atoms with Gasteiger partial charge in [0, 0.05) is 12.8 Å². The smallest absolute Gasteiger partial charge is 0.169 e. The Balaban J connectivity index is 1.29. The minimum Gasteiger partial charge on any atom is -0.370 e. The van der Waals surface area contributed by atoms with Crippen molar-refractivity contribution < 1.29 is 23.7 Å². The molecular formula is C33H37IO5. The lowest BCUT2D eigenvalue weighted by Crippen LogP contribution is -2.62. The SMILES string of the molecule is I[C@H]1[C@@H](OCc2ccccc2)[C@H](OCc2ccccc2)[C@@H]2OC3(CCCCC3)O[C@@H]2[C@H]1OCc1ccccc1. The van der Waals surface area contributed by atoms with Crippen molar-refractivity contribution in [3.05, 3.63) is 108 Å². The quantitative estimate of drug-likeness (QED) is 0.186. The van der Waals surface area contributed by atoms with Crippen LogP contribution in [0, 0.1) is 0 Å². The molecule has 3 aromatic rings. The summed E-state index contributed by atoms with van der Waals surface area (Å²) in [5.74, 6) is -0.555. The molecule has 0 unspecified atom stereocenters. The number of alkyl halides is 1. The molecule has 1 spiro atoms. The monoisotopic (exact) mass is 640 g/mol. The van der Waals surface area contributed by atoms with Gasteiger partial charge in [-0.25, -0.2) is 0 Å². The highest BCUT2D eigenvalue weighted by atomic mass is 127. The molecule has 1 aliphatic heterocycles. The van der Waals surface area contributed by atoms with Crippen LogP contribution in [0.3, 0.4) is 0 Å². The van der Waals surface area contributed by atoms with Crippen molar-refractivity contribution in [1.29, 1.82) is 0 Å². The highest BCUT2D eigenvalue weighted by molar-refractivity contribution is 14.1. The van der Waals surface area contributed by atoms with Gasteiger partial charge in [0.2, 0.25) is 0 Å². The van der Waals surface area contributed by atoms with Crippen molar-refractivity contribution in [2.75, 3.05) is 0 Å². The van der Waals surface area contributed by atoms with Crippen molar-refractivity contribution in [1.82, 2.24) is 0 Å². The van der Waals surface area contributed by atoms with E-state index in [-0.39, 0.29) is 34.4 Å². The lowest BCUT2D eigenvalue weighted by atomic mass is 9.86. The molecule has 6 atom stereocenters. The molecule has 6 heteroatoms. The third kappa shape index (κ3) is 6.42. The van der Waals surface area contributed by atoms with Crippen molar-refractivity contribution in [2.45, 2.75) is 92.2 Å². The number of benzene rings is 3. The Labute approximate surface area is 245 Å². The second kappa shape index (κ2) is 12.8. The van der Waals surface area contributed by atoms with Gasteiger partial charge in [-0.05, 0) is 29.5 Å². The summed E-state index contributed by atoms with van der Waals surface area (Å²) in [5, 5.41) is 0. The molecule has 0 N–H and O–H groups in total. The second-order valence-electron chi connectivity index (χ2n) is 10.9. The summed E-state index contributed by atoms with van der Waals surface area (Å²) in [4.78, 5) is 0. The Morgan fingerprint density at radius 1 is 0.564 bits per heavy atom. The maximum absolute atomic E-state index is 6.90. The molecule has 1 heterocycles. The van der Waals surface area contributed by atoms with E-state index < -0.39 is 5.79 Å². The zero-order chi connectivity index (χ0) is 26.5. The third-order valence-electron chi connectivity index (χ3n) is 8.10. The lowest BCUT2D eigenvalue weighted by Gasteiger charge is -2.45. The van der Waals surface area contributed by atoms with Crippen LogP contribution in [0.25, 0.3) is 0 Å².